The van der Waals surface area contributed by atoms with Crippen LogP contribution >= 0.6 is 11.6 Å². The van der Waals surface area contributed by atoms with Gasteiger partial charge in [-0.25, -0.2) is 0 Å². The summed E-state index contributed by atoms with van der Waals surface area (Å²) in [5.74, 6) is 6.24. The summed E-state index contributed by atoms with van der Waals surface area (Å²) in [4.78, 5) is 6.09. The molecule has 2 rings (SSSR count). The van der Waals surface area contributed by atoms with Crippen LogP contribution in [0.3, 0.4) is 0 Å². The summed E-state index contributed by atoms with van der Waals surface area (Å²) in [6, 6.07) is 8.04. The van der Waals surface area contributed by atoms with Gasteiger partial charge in [0.25, 0.3) is 0 Å². The number of aromatic nitrogens is 1. The lowest BCUT2D eigenvalue weighted by Crippen LogP contribution is -2.08. The molecular weight excluding hydrogens is 256 g/mol. The third-order valence-corrected chi connectivity index (χ3v) is 2.98. The fourth-order valence-electron chi connectivity index (χ4n) is 1.69. The average molecular weight is 271 g/mol. The van der Waals surface area contributed by atoms with E-state index in [0.717, 1.165) is 16.7 Å². The molecular formula is C16H15ClN2. The molecule has 0 N–H and O–H groups in total. The molecule has 0 saturated carbocycles. The zero-order valence-electron chi connectivity index (χ0n) is 11.2. The molecule has 0 atom stereocenters. The quantitative estimate of drug-likeness (QED) is 0.737. The van der Waals surface area contributed by atoms with Crippen LogP contribution in [0.2, 0.25) is 5.02 Å². The van der Waals surface area contributed by atoms with Crippen LogP contribution in [0.1, 0.15) is 16.7 Å². The largest absolute Gasteiger partial charge is 0.378 e. The predicted octanol–water partition coefficient (Wildman–Crippen LogP) is 3.51. The van der Waals surface area contributed by atoms with Crippen molar-refractivity contribution in [3.63, 3.8) is 0 Å². The van der Waals surface area contributed by atoms with Gasteiger partial charge in [0.15, 0.2) is 0 Å². The molecule has 1 heterocycles. The van der Waals surface area contributed by atoms with Gasteiger partial charge in [-0.2, -0.15) is 0 Å². The Hall–Kier alpha value is -1.98. The first kappa shape index (κ1) is 13.5. The van der Waals surface area contributed by atoms with E-state index in [-0.39, 0.29) is 0 Å². The second kappa shape index (κ2) is 5.77. The van der Waals surface area contributed by atoms with E-state index in [1.165, 1.54) is 5.69 Å². The molecule has 1 aromatic heterocycles. The minimum absolute atomic E-state index is 0.603. The van der Waals surface area contributed by atoms with Gasteiger partial charge in [-0.3, -0.25) is 4.98 Å². The fraction of sp³-hybridized carbons (Fsp3) is 0.188. The molecule has 19 heavy (non-hydrogen) atoms. The third-order valence-electron chi connectivity index (χ3n) is 2.77. The number of pyridine rings is 1. The SMILES string of the molecule is Cc1cc(N(C)C)ccc1C#Cc1cncc(Cl)c1. The number of nitrogens with zero attached hydrogens (tertiary/aromatic N) is 2. The van der Waals surface area contributed by atoms with E-state index in [4.69, 9.17) is 11.6 Å². The molecule has 0 aliphatic heterocycles. The number of halogens is 1. The highest BCUT2D eigenvalue weighted by molar-refractivity contribution is 6.30. The molecule has 0 aliphatic carbocycles. The number of rotatable bonds is 1. The molecule has 0 radical (unpaired) electrons. The van der Waals surface area contributed by atoms with Crippen molar-refractivity contribution in [2.75, 3.05) is 19.0 Å². The van der Waals surface area contributed by atoms with Crippen LogP contribution in [0.4, 0.5) is 5.69 Å². The Balaban J connectivity index is 2.30. The molecule has 0 fully saturated rings. The van der Waals surface area contributed by atoms with Crippen molar-refractivity contribution in [3.8, 4) is 11.8 Å². The number of anilines is 1. The highest BCUT2D eigenvalue weighted by Gasteiger charge is 1.99. The molecule has 2 nitrogen and oxygen atoms in total. The first-order chi connectivity index (χ1) is 9.06. The Morgan fingerprint density at radius 2 is 1.89 bits per heavy atom. The first-order valence-corrected chi connectivity index (χ1v) is 6.34. The van der Waals surface area contributed by atoms with Gasteiger partial charge in [0.1, 0.15) is 0 Å². The van der Waals surface area contributed by atoms with E-state index >= 15 is 0 Å². The van der Waals surface area contributed by atoms with E-state index in [0.29, 0.717) is 5.02 Å². The van der Waals surface area contributed by atoms with Gasteiger partial charge in [-0.15, -0.1) is 0 Å². The second-order valence-corrected chi connectivity index (χ2v) is 4.97. The number of hydrogen-bond acceptors (Lipinski definition) is 2. The number of aryl methyl sites for hydroxylation is 1. The van der Waals surface area contributed by atoms with Crippen LogP contribution in [0.25, 0.3) is 0 Å². The average Bonchev–Trinajstić information content (AvgIpc) is 2.37. The van der Waals surface area contributed by atoms with Crippen LogP contribution in [-0.2, 0) is 0 Å². The molecule has 0 spiro atoms. The van der Waals surface area contributed by atoms with Crippen LogP contribution < -0.4 is 4.90 Å². The minimum atomic E-state index is 0.603. The van der Waals surface area contributed by atoms with Crippen molar-refractivity contribution in [3.05, 3.63) is 58.4 Å². The van der Waals surface area contributed by atoms with Crippen LogP contribution in [0.15, 0.2) is 36.7 Å². The van der Waals surface area contributed by atoms with E-state index < -0.39 is 0 Å². The Morgan fingerprint density at radius 1 is 1.11 bits per heavy atom. The maximum absolute atomic E-state index is 5.88. The van der Waals surface area contributed by atoms with Crippen molar-refractivity contribution in [1.82, 2.24) is 4.98 Å². The lowest BCUT2D eigenvalue weighted by molar-refractivity contribution is 1.13. The third kappa shape index (κ3) is 3.49. The topological polar surface area (TPSA) is 16.1 Å². The van der Waals surface area contributed by atoms with Crippen LogP contribution in [0, 0.1) is 18.8 Å². The highest BCUT2D eigenvalue weighted by Crippen LogP contribution is 2.16. The van der Waals surface area contributed by atoms with Gasteiger partial charge in [0.2, 0.25) is 0 Å². The van der Waals surface area contributed by atoms with Crippen molar-refractivity contribution >= 4 is 17.3 Å². The maximum Gasteiger partial charge on any atom is 0.0601 e. The number of benzene rings is 1. The summed E-state index contributed by atoms with van der Waals surface area (Å²) >= 11 is 5.88. The Bertz CT molecular complexity index is 651. The van der Waals surface area contributed by atoms with Gasteiger partial charge in [0.05, 0.1) is 5.02 Å². The number of hydrogen-bond donors (Lipinski definition) is 0. The lowest BCUT2D eigenvalue weighted by Gasteiger charge is -2.13. The molecule has 2 aromatic rings. The smallest absolute Gasteiger partial charge is 0.0601 e. The zero-order chi connectivity index (χ0) is 13.8. The van der Waals surface area contributed by atoms with E-state index in [9.17, 15) is 0 Å². The summed E-state index contributed by atoms with van der Waals surface area (Å²) in [7, 11) is 4.05. The molecule has 3 heteroatoms. The minimum Gasteiger partial charge on any atom is -0.378 e. The molecule has 0 amide bonds. The Kier molecular flexibility index (Phi) is 4.09. The summed E-state index contributed by atoms with van der Waals surface area (Å²) in [6.07, 6.45) is 3.31. The standard InChI is InChI=1S/C16H15ClN2/c1-12-8-16(19(2)3)7-6-14(12)5-4-13-9-15(17)11-18-10-13/h6-11H,1-3H3. The van der Waals surface area contributed by atoms with Crippen molar-refractivity contribution in [2.24, 2.45) is 0 Å². The van der Waals surface area contributed by atoms with Crippen LogP contribution in [-0.4, -0.2) is 19.1 Å². The lowest BCUT2D eigenvalue weighted by atomic mass is 10.1. The zero-order valence-corrected chi connectivity index (χ0v) is 12.0. The van der Waals surface area contributed by atoms with Crippen molar-refractivity contribution < 1.29 is 0 Å². The summed E-state index contributed by atoms with van der Waals surface area (Å²) < 4.78 is 0. The van der Waals surface area contributed by atoms with E-state index in [2.05, 4.69) is 40.8 Å². The summed E-state index contributed by atoms with van der Waals surface area (Å²) in [5.41, 5.74) is 4.18. The molecule has 96 valence electrons. The first-order valence-electron chi connectivity index (χ1n) is 5.97. The van der Waals surface area contributed by atoms with Gasteiger partial charge >= 0.3 is 0 Å². The monoisotopic (exact) mass is 270 g/mol. The van der Waals surface area contributed by atoms with Crippen molar-refractivity contribution in [1.29, 1.82) is 0 Å². The molecule has 0 saturated heterocycles. The Morgan fingerprint density at radius 3 is 2.53 bits per heavy atom. The van der Waals surface area contributed by atoms with Gasteiger partial charge in [-0.05, 0) is 36.8 Å². The predicted molar refractivity (Wildman–Crippen MR) is 80.7 cm³/mol. The Labute approximate surface area is 119 Å². The van der Waals surface area contributed by atoms with Gasteiger partial charge < -0.3 is 4.90 Å². The maximum atomic E-state index is 5.88. The molecule has 1 aromatic carbocycles. The summed E-state index contributed by atoms with van der Waals surface area (Å²) in [5, 5.41) is 0.603. The van der Waals surface area contributed by atoms with Gasteiger partial charge in [0, 0.05) is 43.3 Å². The molecule has 0 aliphatic rings. The van der Waals surface area contributed by atoms with Crippen molar-refractivity contribution in [2.45, 2.75) is 6.92 Å². The fourth-order valence-corrected chi connectivity index (χ4v) is 1.86. The van der Waals surface area contributed by atoms with E-state index in [1.807, 2.05) is 26.2 Å². The molecule has 0 bridgehead atoms. The summed E-state index contributed by atoms with van der Waals surface area (Å²) in [6.45, 7) is 2.06. The van der Waals surface area contributed by atoms with Crippen LogP contribution in [0.5, 0.6) is 0 Å². The highest BCUT2D eigenvalue weighted by atomic mass is 35.5. The van der Waals surface area contributed by atoms with Gasteiger partial charge in [-0.1, -0.05) is 23.4 Å². The molecule has 0 unspecified atom stereocenters. The van der Waals surface area contributed by atoms with E-state index in [1.54, 1.807) is 12.4 Å². The normalized spacial score (nSPS) is 9.68. The second-order valence-electron chi connectivity index (χ2n) is 4.54.